The number of nitrogens with zero attached hydrogens (tertiary/aromatic N) is 4. The summed E-state index contributed by atoms with van der Waals surface area (Å²) in [5, 5.41) is 4.75. The van der Waals surface area contributed by atoms with Gasteiger partial charge >= 0.3 is 0 Å². The van der Waals surface area contributed by atoms with Gasteiger partial charge in [-0.3, -0.25) is 0 Å². The highest BCUT2D eigenvalue weighted by molar-refractivity contribution is 6.32. The number of methoxy groups -OCH3 is 2. The first-order chi connectivity index (χ1) is 14.0. The molecule has 2 aromatic carbocycles. The van der Waals surface area contributed by atoms with Crippen molar-refractivity contribution in [1.29, 1.82) is 0 Å². The molecule has 0 saturated carbocycles. The molecule has 0 spiro atoms. The van der Waals surface area contributed by atoms with Gasteiger partial charge in [-0.2, -0.15) is 4.98 Å². The number of benzene rings is 2. The van der Waals surface area contributed by atoms with E-state index < -0.39 is 0 Å². The number of aromatic nitrogens is 4. The topological polar surface area (TPSA) is 75.2 Å². The van der Waals surface area contributed by atoms with E-state index >= 15 is 0 Å². The number of rotatable bonds is 5. The summed E-state index contributed by atoms with van der Waals surface area (Å²) in [5.74, 6) is 1.99. The van der Waals surface area contributed by atoms with Crippen LogP contribution in [-0.2, 0) is 0 Å². The number of imidazole rings is 1. The Morgan fingerprint density at radius 3 is 2.62 bits per heavy atom. The fourth-order valence-electron chi connectivity index (χ4n) is 3.19. The van der Waals surface area contributed by atoms with Gasteiger partial charge in [-0.15, -0.1) is 0 Å². The van der Waals surface area contributed by atoms with Gasteiger partial charge in [0.05, 0.1) is 36.2 Å². The molecule has 0 aliphatic carbocycles. The van der Waals surface area contributed by atoms with Gasteiger partial charge in [0.25, 0.3) is 5.89 Å². The van der Waals surface area contributed by atoms with Crippen LogP contribution in [0.3, 0.4) is 0 Å². The minimum Gasteiger partial charge on any atom is -0.497 e. The van der Waals surface area contributed by atoms with Crippen LogP contribution >= 0.6 is 11.6 Å². The summed E-state index contributed by atoms with van der Waals surface area (Å²) in [5.41, 5.74) is 4.05. The third-order valence-corrected chi connectivity index (χ3v) is 5.02. The monoisotopic (exact) mass is 410 g/mol. The molecule has 8 heteroatoms. The summed E-state index contributed by atoms with van der Waals surface area (Å²) in [4.78, 5) is 9.00. The Morgan fingerprint density at radius 1 is 1.07 bits per heavy atom. The van der Waals surface area contributed by atoms with E-state index in [1.54, 1.807) is 26.6 Å². The maximum atomic E-state index is 6.41. The lowest BCUT2D eigenvalue weighted by Crippen LogP contribution is -1.99. The fourth-order valence-corrected chi connectivity index (χ4v) is 3.50. The molecule has 0 unspecified atom stereocenters. The zero-order valence-electron chi connectivity index (χ0n) is 16.4. The van der Waals surface area contributed by atoms with E-state index in [1.165, 1.54) is 0 Å². The Hall–Kier alpha value is -3.32. The van der Waals surface area contributed by atoms with Crippen molar-refractivity contribution >= 4 is 11.6 Å². The predicted molar refractivity (Wildman–Crippen MR) is 110 cm³/mol. The lowest BCUT2D eigenvalue weighted by atomic mass is 10.2. The number of halogens is 1. The van der Waals surface area contributed by atoms with Gasteiger partial charge in [0.2, 0.25) is 5.82 Å². The maximum absolute atomic E-state index is 6.41. The van der Waals surface area contributed by atoms with Crippen molar-refractivity contribution in [3.05, 3.63) is 59.0 Å². The quantitative estimate of drug-likeness (QED) is 0.467. The number of para-hydroxylation sites is 1. The first-order valence-corrected chi connectivity index (χ1v) is 9.27. The Bertz CT molecular complexity index is 1160. The summed E-state index contributed by atoms with van der Waals surface area (Å²) >= 11 is 6.41. The highest BCUT2D eigenvalue weighted by Crippen LogP contribution is 2.34. The van der Waals surface area contributed by atoms with Crippen molar-refractivity contribution in [2.24, 2.45) is 0 Å². The first kappa shape index (κ1) is 19.0. The van der Waals surface area contributed by atoms with Gasteiger partial charge in [0, 0.05) is 6.07 Å². The van der Waals surface area contributed by atoms with Crippen LogP contribution in [0.1, 0.15) is 11.3 Å². The van der Waals surface area contributed by atoms with Crippen LogP contribution in [-0.4, -0.2) is 33.9 Å². The van der Waals surface area contributed by atoms with Crippen LogP contribution in [0.25, 0.3) is 28.7 Å². The molecule has 0 saturated heterocycles. The molecule has 0 aliphatic heterocycles. The number of hydrogen-bond acceptors (Lipinski definition) is 6. The van der Waals surface area contributed by atoms with E-state index in [9.17, 15) is 0 Å². The van der Waals surface area contributed by atoms with Crippen molar-refractivity contribution in [1.82, 2.24) is 19.7 Å². The standard InChI is InChI=1S/C21H19ClN4O3/c1-12-6-5-7-16(22)19(12)26-11-23-18(13(26)2)21-24-20(25-29-21)15-9-8-14(27-3)10-17(15)28-4/h5-11H,1-4H3. The van der Waals surface area contributed by atoms with Crippen LogP contribution in [0.5, 0.6) is 11.5 Å². The second-order valence-electron chi connectivity index (χ2n) is 6.44. The summed E-state index contributed by atoms with van der Waals surface area (Å²) in [6.45, 7) is 3.93. The van der Waals surface area contributed by atoms with E-state index in [4.69, 9.17) is 25.6 Å². The van der Waals surface area contributed by atoms with Crippen LogP contribution in [0.2, 0.25) is 5.02 Å². The smallest absolute Gasteiger partial charge is 0.278 e. The first-order valence-electron chi connectivity index (χ1n) is 8.89. The van der Waals surface area contributed by atoms with Crippen molar-refractivity contribution in [3.8, 4) is 40.2 Å². The minimum atomic E-state index is 0.318. The lowest BCUT2D eigenvalue weighted by molar-refractivity contribution is 0.394. The van der Waals surface area contributed by atoms with Crippen molar-refractivity contribution in [3.63, 3.8) is 0 Å². The average Bonchev–Trinajstić information content (AvgIpc) is 3.34. The van der Waals surface area contributed by atoms with E-state index in [0.29, 0.717) is 39.5 Å². The molecule has 0 atom stereocenters. The minimum absolute atomic E-state index is 0.318. The normalized spacial score (nSPS) is 10.9. The molecule has 2 heterocycles. The number of hydrogen-bond donors (Lipinski definition) is 0. The molecule has 29 heavy (non-hydrogen) atoms. The van der Waals surface area contributed by atoms with Gasteiger partial charge in [0.1, 0.15) is 23.5 Å². The molecule has 0 radical (unpaired) electrons. The molecule has 0 N–H and O–H groups in total. The van der Waals surface area contributed by atoms with Gasteiger partial charge in [-0.25, -0.2) is 4.98 Å². The van der Waals surface area contributed by atoms with Gasteiger partial charge in [-0.1, -0.05) is 28.9 Å². The zero-order valence-corrected chi connectivity index (χ0v) is 17.2. The molecule has 0 fully saturated rings. The largest absolute Gasteiger partial charge is 0.497 e. The average molecular weight is 411 g/mol. The summed E-state index contributed by atoms with van der Waals surface area (Å²) in [6.07, 6.45) is 1.71. The van der Waals surface area contributed by atoms with Crippen LogP contribution < -0.4 is 9.47 Å². The van der Waals surface area contributed by atoms with E-state index in [0.717, 1.165) is 16.9 Å². The van der Waals surface area contributed by atoms with E-state index in [-0.39, 0.29) is 0 Å². The van der Waals surface area contributed by atoms with Gasteiger partial charge in [0.15, 0.2) is 0 Å². The molecule has 7 nitrogen and oxygen atoms in total. The van der Waals surface area contributed by atoms with Gasteiger partial charge < -0.3 is 18.6 Å². The zero-order chi connectivity index (χ0) is 20.5. The Morgan fingerprint density at radius 2 is 1.90 bits per heavy atom. The van der Waals surface area contributed by atoms with Gasteiger partial charge in [-0.05, 0) is 37.6 Å². The predicted octanol–water partition coefficient (Wildman–Crippen LogP) is 4.88. The fraction of sp³-hybridized carbons (Fsp3) is 0.190. The molecule has 4 rings (SSSR count). The molecular weight excluding hydrogens is 392 g/mol. The summed E-state index contributed by atoms with van der Waals surface area (Å²) in [7, 11) is 3.18. The second-order valence-corrected chi connectivity index (χ2v) is 6.85. The lowest BCUT2D eigenvalue weighted by Gasteiger charge is -2.10. The third-order valence-electron chi connectivity index (χ3n) is 4.71. The van der Waals surface area contributed by atoms with Crippen LogP contribution in [0.15, 0.2) is 47.2 Å². The number of ether oxygens (including phenoxy) is 2. The Labute approximate surface area is 172 Å². The molecule has 2 aromatic heterocycles. The molecule has 148 valence electrons. The number of aryl methyl sites for hydroxylation is 1. The Balaban J connectivity index is 1.74. The summed E-state index contributed by atoms with van der Waals surface area (Å²) < 4.78 is 18.1. The SMILES string of the molecule is COc1ccc(-c2noc(-c3ncn(-c4c(C)cccc4Cl)c3C)n2)c(OC)c1. The molecule has 0 bridgehead atoms. The van der Waals surface area contributed by atoms with Crippen LogP contribution in [0.4, 0.5) is 0 Å². The molecule has 4 aromatic rings. The molecule has 0 amide bonds. The third kappa shape index (κ3) is 3.34. The van der Waals surface area contributed by atoms with Crippen molar-refractivity contribution in [2.75, 3.05) is 14.2 Å². The highest BCUT2D eigenvalue weighted by atomic mass is 35.5. The second kappa shape index (κ2) is 7.60. The maximum Gasteiger partial charge on any atom is 0.278 e. The summed E-state index contributed by atoms with van der Waals surface area (Å²) in [6, 6.07) is 11.2. The van der Waals surface area contributed by atoms with Crippen molar-refractivity contribution < 1.29 is 14.0 Å². The molecule has 0 aliphatic rings. The van der Waals surface area contributed by atoms with E-state index in [1.807, 2.05) is 48.7 Å². The highest BCUT2D eigenvalue weighted by Gasteiger charge is 2.20. The van der Waals surface area contributed by atoms with Crippen molar-refractivity contribution in [2.45, 2.75) is 13.8 Å². The van der Waals surface area contributed by atoms with E-state index in [2.05, 4.69) is 15.1 Å². The Kier molecular flexibility index (Phi) is 4.98. The molecular formula is C21H19ClN4O3. The van der Waals surface area contributed by atoms with Crippen LogP contribution in [0, 0.1) is 13.8 Å².